The molecule has 1 aliphatic rings. The summed E-state index contributed by atoms with van der Waals surface area (Å²) in [7, 11) is 0.932. The Balaban J connectivity index is -0.0000000433. The molecular weight excluding hydrogens is 391 g/mol. The Morgan fingerprint density at radius 3 is 1.41 bits per heavy atom. The molecule has 0 aromatic rings. The van der Waals surface area contributed by atoms with E-state index in [2.05, 4.69) is 33.8 Å². The first-order valence-electron chi connectivity index (χ1n) is 6.13. The first-order valence-corrected chi connectivity index (χ1v) is 14.2. The van der Waals surface area contributed by atoms with Crippen LogP contribution in [0, 0.1) is 19.4 Å². The molecule has 0 saturated carbocycles. The van der Waals surface area contributed by atoms with Crippen molar-refractivity contribution in [3.63, 3.8) is 0 Å². The summed E-state index contributed by atoms with van der Waals surface area (Å²) in [4.78, 5) is 8.66. The van der Waals surface area contributed by atoms with Crippen molar-refractivity contribution in [2.24, 2.45) is 5.92 Å². The van der Waals surface area contributed by atoms with Crippen LogP contribution in [-0.4, -0.2) is 33.0 Å². The summed E-state index contributed by atoms with van der Waals surface area (Å²) in [5, 5.41) is 7.00. The second kappa shape index (κ2) is 21.9. The van der Waals surface area contributed by atoms with Gasteiger partial charge in [-0.05, 0) is 19.6 Å². The Kier molecular flexibility index (Phi) is 38.3. The minimum atomic E-state index is -1.61. The van der Waals surface area contributed by atoms with E-state index in [0.717, 1.165) is 7.11 Å². The van der Waals surface area contributed by atoms with Gasteiger partial charge in [0.15, 0.2) is 8.32 Å². The fourth-order valence-corrected chi connectivity index (χ4v) is 1.16. The van der Waals surface area contributed by atoms with Crippen LogP contribution in [0.1, 0.15) is 27.7 Å². The summed E-state index contributed by atoms with van der Waals surface area (Å²) in [6.07, 6.45) is 3.36. The van der Waals surface area contributed by atoms with E-state index in [4.69, 9.17) is 13.2 Å². The molecular formula is C14H34Cl2O3Si2Ti-2. The first kappa shape index (κ1) is 38.5. The third-order valence-electron chi connectivity index (χ3n) is 2.24. The molecule has 8 heteroatoms. The van der Waals surface area contributed by atoms with Crippen molar-refractivity contribution < 1.29 is 31.1 Å². The van der Waals surface area contributed by atoms with E-state index in [-0.39, 0.29) is 32.2 Å². The van der Waals surface area contributed by atoms with E-state index in [1.54, 1.807) is 7.63 Å². The molecule has 0 spiro atoms. The van der Waals surface area contributed by atoms with Crippen LogP contribution >= 0.6 is 24.8 Å². The van der Waals surface area contributed by atoms with Crippen LogP contribution in [0.3, 0.4) is 0 Å². The van der Waals surface area contributed by atoms with Crippen molar-refractivity contribution in [3.8, 4) is 0 Å². The molecule has 1 unspecified atom stereocenters. The van der Waals surface area contributed by atoms with Gasteiger partial charge in [-0.2, -0.15) is 11.1 Å². The first-order chi connectivity index (χ1) is 8.54. The quantitative estimate of drug-likeness (QED) is 0.462. The Morgan fingerprint density at radius 2 is 1.36 bits per heavy atom. The molecule has 0 fully saturated rings. The summed E-state index contributed by atoms with van der Waals surface area (Å²) in [6.45, 7) is 14.3. The van der Waals surface area contributed by atoms with E-state index in [1.807, 2.05) is 19.6 Å². The molecule has 0 bridgehead atoms. The third kappa shape index (κ3) is 29.0. The van der Waals surface area contributed by atoms with Crippen LogP contribution < -0.4 is 0 Å². The summed E-state index contributed by atoms with van der Waals surface area (Å²) in [5.41, 5.74) is 4.25. The van der Waals surface area contributed by atoms with Gasteiger partial charge in [0.05, 0.1) is 0 Å². The molecule has 3 nitrogen and oxygen atoms in total. The van der Waals surface area contributed by atoms with Crippen molar-refractivity contribution in [2.75, 3.05) is 7.11 Å². The second-order valence-electron chi connectivity index (χ2n) is 5.11. The molecule has 0 heterocycles. The van der Waals surface area contributed by atoms with Gasteiger partial charge in [0.2, 0.25) is 0 Å². The maximum absolute atomic E-state index is 9.07. The number of allylic oxidation sites excluding steroid dienone is 4. The van der Waals surface area contributed by atoms with E-state index in [1.165, 1.54) is 16.7 Å². The molecule has 0 aromatic heterocycles. The van der Waals surface area contributed by atoms with Crippen molar-refractivity contribution in [1.82, 2.24) is 0 Å². The van der Waals surface area contributed by atoms with Gasteiger partial charge < -0.3 is 17.3 Å². The fourth-order valence-electron chi connectivity index (χ4n) is 1.16. The number of aliphatic hydroxyl groups excluding tert-OH is 1. The molecule has 1 aliphatic carbocycles. The standard InChI is InChI=1S/C9H13.C3H10OSi.CH4O.CH3.2ClH.O.H2Si.Ti/c1-6-5-7(2)9(4)8(6)3;1-5(2,3)4;1-2;;;;;;/h6H,1-4H3;4H,1-3H3;2H,1H3;1H3;2*1H;;1H2;/q-1;;;-1;;;;;. The molecule has 2 N–H and O–H groups in total. The van der Waals surface area contributed by atoms with Gasteiger partial charge in [-0.25, -0.2) is 5.57 Å². The van der Waals surface area contributed by atoms with Crippen molar-refractivity contribution in [2.45, 2.75) is 47.3 Å². The monoisotopic (exact) mass is 424 g/mol. The second-order valence-corrected chi connectivity index (χ2v) is 11.1. The molecule has 0 saturated heterocycles. The Morgan fingerprint density at radius 1 is 1.14 bits per heavy atom. The molecule has 0 aromatic carbocycles. The summed E-state index contributed by atoms with van der Waals surface area (Å²) < 4.78 is 9.07. The molecule has 1 atom stereocenters. The van der Waals surface area contributed by atoms with E-state index >= 15 is 0 Å². The number of aliphatic hydroxyl groups is 1. The predicted molar refractivity (Wildman–Crippen MR) is 104 cm³/mol. The zero-order chi connectivity index (χ0) is 16.2. The topological polar surface area (TPSA) is 57.5 Å². The van der Waals surface area contributed by atoms with Crippen molar-refractivity contribution >= 4 is 40.8 Å². The Labute approximate surface area is 161 Å². The van der Waals surface area contributed by atoms with Crippen LogP contribution in [-0.2, 0) is 21.2 Å². The molecule has 1 rings (SSSR count). The summed E-state index contributed by atoms with van der Waals surface area (Å²) >= 11 is -0.722. The molecule has 22 heavy (non-hydrogen) atoms. The van der Waals surface area contributed by atoms with Crippen LogP contribution in [0.4, 0.5) is 0 Å². The summed E-state index contributed by atoms with van der Waals surface area (Å²) in [6, 6.07) is 0. The Bertz CT molecular complexity index is 342. The van der Waals surface area contributed by atoms with Crippen molar-refractivity contribution in [1.29, 1.82) is 0 Å². The van der Waals surface area contributed by atoms with Crippen LogP contribution in [0.15, 0.2) is 16.7 Å². The average Bonchev–Trinajstić information content (AvgIpc) is 2.47. The predicted octanol–water partition coefficient (Wildman–Crippen LogP) is 3.40. The fraction of sp³-hybridized carbons (Fsp3) is 0.643. The van der Waals surface area contributed by atoms with Crippen LogP contribution in [0.5, 0.6) is 0 Å². The average molecular weight is 425 g/mol. The van der Waals surface area contributed by atoms with E-state index < -0.39 is 26.2 Å². The Hall–Kier alpha value is 0.928. The molecule has 0 aliphatic heterocycles. The van der Waals surface area contributed by atoms with Gasteiger partial charge in [0, 0.05) is 7.11 Å². The van der Waals surface area contributed by atoms with Gasteiger partial charge in [0.25, 0.3) is 0 Å². The third-order valence-corrected chi connectivity index (χ3v) is 2.24. The number of rotatable bonds is 0. The molecule has 0 radical (unpaired) electrons. The number of hydrogen-bond donors (Lipinski definition) is 2. The zero-order valence-corrected chi connectivity index (χ0v) is 21.0. The normalized spacial score (nSPS) is 14.5. The minimum absolute atomic E-state index is 0. The summed E-state index contributed by atoms with van der Waals surface area (Å²) in [5.74, 6) is 0.560. The van der Waals surface area contributed by atoms with Gasteiger partial charge in [-0.3, -0.25) is 6.08 Å². The van der Waals surface area contributed by atoms with Gasteiger partial charge in [0.1, 0.15) is 0 Å². The van der Waals surface area contributed by atoms with E-state index in [0.29, 0.717) is 5.92 Å². The molecule has 0 amide bonds. The van der Waals surface area contributed by atoms with Crippen LogP contribution in [0.2, 0.25) is 19.6 Å². The van der Waals surface area contributed by atoms with Gasteiger partial charge >= 0.3 is 28.8 Å². The SMILES string of the molecule is CC1=[C-]C(C)C(C)=C1C.CO.C[Si](C)(C)O.Cl.Cl.[CH3-].[O]=[Ti]=[SiH2]. The van der Waals surface area contributed by atoms with E-state index in [9.17, 15) is 0 Å². The molecule has 136 valence electrons. The van der Waals surface area contributed by atoms with Gasteiger partial charge in [-0.1, -0.05) is 26.7 Å². The van der Waals surface area contributed by atoms with Crippen LogP contribution in [0.25, 0.3) is 0 Å². The number of halogens is 2. The van der Waals surface area contributed by atoms with Crippen molar-refractivity contribution in [3.05, 3.63) is 30.2 Å². The maximum atomic E-state index is 9.07. The number of hydrogen-bond acceptors (Lipinski definition) is 3. The zero-order valence-electron chi connectivity index (χ0n) is 15.4. The van der Waals surface area contributed by atoms with Gasteiger partial charge in [-0.15, -0.1) is 31.7 Å².